The van der Waals surface area contributed by atoms with Gasteiger partial charge in [0.15, 0.2) is 0 Å². The van der Waals surface area contributed by atoms with Gasteiger partial charge < -0.3 is 14.8 Å². The summed E-state index contributed by atoms with van der Waals surface area (Å²) < 4.78 is 5.53. The molecule has 86 valence electrons. The lowest BCUT2D eigenvalue weighted by Gasteiger charge is -2.09. The highest BCUT2D eigenvalue weighted by molar-refractivity contribution is 5.06. The molecule has 0 saturated carbocycles. The number of aryl methyl sites for hydroxylation is 1. The highest BCUT2D eigenvalue weighted by Crippen LogP contribution is 2.07. The van der Waals surface area contributed by atoms with Crippen molar-refractivity contribution in [2.45, 2.75) is 45.8 Å². The smallest absolute Gasteiger partial charge is 0.117 e. The van der Waals surface area contributed by atoms with E-state index in [0.29, 0.717) is 13.1 Å². The van der Waals surface area contributed by atoms with Crippen molar-refractivity contribution in [2.24, 2.45) is 0 Å². The molecule has 0 amide bonds. The molecule has 3 nitrogen and oxygen atoms in total. The third kappa shape index (κ3) is 4.49. The molecule has 15 heavy (non-hydrogen) atoms. The number of furan rings is 1. The summed E-state index contributed by atoms with van der Waals surface area (Å²) in [6, 6.07) is 3.98. The van der Waals surface area contributed by atoms with Crippen LogP contribution in [0, 0.1) is 0 Å². The van der Waals surface area contributed by atoms with Gasteiger partial charge in [0.1, 0.15) is 11.5 Å². The molecule has 1 heterocycles. The van der Waals surface area contributed by atoms with E-state index in [0.717, 1.165) is 30.8 Å². The van der Waals surface area contributed by atoms with E-state index in [2.05, 4.69) is 19.2 Å². The van der Waals surface area contributed by atoms with Crippen molar-refractivity contribution < 1.29 is 9.52 Å². The zero-order valence-corrected chi connectivity index (χ0v) is 9.62. The minimum atomic E-state index is -0.240. The van der Waals surface area contributed by atoms with Gasteiger partial charge in [-0.25, -0.2) is 0 Å². The largest absolute Gasteiger partial charge is 0.465 e. The van der Waals surface area contributed by atoms with Crippen LogP contribution in [0.5, 0.6) is 0 Å². The second kappa shape index (κ2) is 6.64. The Hall–Kier alpha value is -0.800. The van der Waals surface area contributed by atoms with E-state index in [1.54, 1.807) is 0 Å². The summed E-state index contributed by atoms with van der Waals surface area (Å²) in [4.78, 5) is 0. The molecule has 0 aliphatic rings. The Balaban J connectivity index is 2.19. The molecule has 0 aromatic carbocycles. The van der Waals surface area contributed by atoms with Crippen LogP contribution < -0.4 is 5.32 Å². The Morgan fingerprint density at radius 3 is 2.67 bits per heavy atom. The fourth-order valence-corrected chi connectivity index (χ4v) is 1.50. The molecule has 0 bridgehead atoms. The maximum Gasteiger partial charge on any atom is 0.117 e. The molecule has 0 aliphatic carbocycles. The Morgan fingerprint density at radius 2 is 2.07 bits per heavy atom. The van der Waals surface area contributed by atoms with Crippen molar-refractivity contribution in [1.82, 2.24) is 5.32 Å². The predicted octanol–water partition coefficient (Wildman–Crippen LogP) is 2.09. The van der Waals surface area contributed by atoms with E-state index < -0.39 is 0 Å². The van der Waals surface area contributed by atoms with E-state index in [-0.39, 0.29) is 6.10 Å². The van der Waals surface area contributed by atoms with Crippen LogP contribution in [0.4, 0.5) is 0 Å². The zero-order chi connectivity index (χ0) is 11.1. The summed E-state index contributed by atoms with van der Waals surface area (Å²) in [5.41, 5.74) is 0. The van der Waals surface area contributed by atoms with Crippen molar-refractivity contribution in [3.8, 4) is 0 Å². The number of hydrogen-bond donors (Lipinski definition) is 2. The standard InChI is InChI=1S/C12H21NO2/c1-3-5-10(14)8-13-9-12-7-6-11(4-2)15-12/h6-7,10,13-14H,3-5,8-9H2,1-2H3. The molecule has 0 spiro atoms. The van der Waals surface area contributed by atoms with Gasteiger partial charge in [-0.05, 0) is 18.6 Å². The van der Waals surface area contributed by atoms with Crippen LogP contribution in [0.3, 0.4) is 0 Å². The normalized spacial score (nSPS) is 13.0. The lowest BCUT2D eigenvalue weighted by molar-refractivity contribution is 0.159. The maximum absolute atomic E-state index is 9.49. The van der Waals surface area contributed by atoms with Crippen molar-refractivity contribution in [3.63, 3.8) is 0 Å². The minimum absolute atomic E-state index is 0.240. The Morgan fingerprint density at radius 1 is 1.33 bits per heavy atom. The second-order valence-electron chi connectivity index (χ2n) is 3.79. The summed E-state index contributed by atoms with van der Waals surface area (Å²) in [6.07, 6.45) is 2.56. The van der Waals surface area contributed by atoms with Gasteiger partial charge >= 0.3 is 0 Å². The van der Waals surface area contributed by atoms with E-state index in [9.17, 15) is 5.11 Å². The van der Waals surface area contributed by atoms with Gasteiger partial charge in [0, 0.05) is 13.0 Å². The van der Waals surface area contributed by atoms with Gasteiger partial charge in [0.2, 0.25) is 0 Å². The molecule has 0 radical (unpaired) electrons. The zero-order valence-electron chi connectivity index (χ0n) is 9.62. The molecule has 0 aliphatic heterocycles. The average Bonchev–Trinajstić information content (AvgIpc) is 2.66. The SMILES string of the molecule is CCCC(O)CNCc1ccc(CC)o1. The fraction of sp³-hybridized carbons (Fsp3) is 0.667. The third-order valence-corrected chi connectivity index (χ3v) is 2.37. The maximum atomic E-state index is 9.49. The monoisotopic (exact) mass is 211 g/mol. The van der Waals surface area contributed by atoms with Crippen LogP contribution in [0.2, 0.25) is 0 Å². The molecule has 1 atom stereocenters. The Kier molecular flexibility index (Phi) is 5.43. The van der Waals surface area contributed by atoms with Gasteiger partial charge in [-0.2, -0.15) is 0 Å². The number of aliphatic hydroxyl groups is 1. The summed E-state index contributed by atoms with van der Waals surface area (Å²) in [5.74, 6) is 1.96. The first-order chi connectivity index (χ1) is 7.26. The number of hydrogen-bond acceptors (Lipinski definition) is 3. The van der Waals surface area contributed by atoms with Crippen molar-refractivity contribution in [1.29, 1.82) is 0 Å². The molecule has 3 heteroatoms. The number of aliphatic hydroxyl groups excluding tert-OH is 1. The summed E-state index contributed by atoms with van der Waals surface area (Å²) in [7, 11) is 0. The summed E-state index contributed by atoms with van der Waals surface area (Å²) in [5, 5.41) is 12.7. The van der Waals surface area contributed by atoms with E-state index in [1.165, 1.54) is 0 Å². The van der Waals surface area contributed by atoms with Gasteiger partial charge in [0.05, 0.1) is 12.6 Å². The molecule has 1 rings (SSSR count). The number of nitrogens with one attached hydrogen (secondary N) is 1. The lowest BCUT2D eigenvalue weighted by atomic mass is 10.2. The molecular weight excluding hydrogens is 190 g/mol. The van der Waals surface area contributed by atoms with Crippen LogP contribution in [0.1, 0.15) is 38.2 Å². The van der Waals surface area contributed by atoms with E-state index in [4.69, 9.17) is 4.42 Å². The third-order valence-electron chi connectivity index (χ3n) is 2.37. The molecule has 1 unspecified atom stereocenters. The van der Waals surface area contributed by atoms with Crippen molar-refractivity contribution in [2.75, 3.05) is 6.54 Å². The van der Waals surface area contributed by atoms with Crippen LogP contribution in [0.25, 0.3) is 0 Å². The Labute approximate surface area is 91.5 Å². The minimum Gasteiger partial charge on any atom is -0.465 e. The van der Waals surface area contributed by atoms with Crippen LogP contribution in [-0.2, 0) is 13.0 Å². The summed E-state index contributed by atoms with van der Waals surface area (Å²) in [6.45, 7) is 5.47. The second-order valence-corrected chi connectivity index (χ2v) is 3.79. The average molecular weight is 211 g/mol. The van der Waals surface area contributed by atoms with Gasteiger partial charge in [-0.15, -0.1) is 0 Å². The van der Waals surface area contributed by atoms with Crippen LogP contribution in [-0.4, -0.2) is 17.8 Å². The van der Waals surface area contributed by atoms with E-state index >= 15 is 0 Å². The molecule has 0 fully saturated rings. The van der Waals surface area contributed by atoms with Gasteiger partial charge in [-0.3, -0.25) is 0 Å². The fourth-order valence-electron chi connectivity index (χ4n) is 1.50. The van der Waals surface area contributed by atoms with E-state index in [1.807, 2.05) is 12.1 Å². The highest BCUT2D eigenvalue weighted by atomic mass is 16.3. The molecule has 1 aromatic rings. The summed E-state index contributed by atoms with van der Waals surface area (Å²) >= 11 is 0. The highest BCUT2D eigenvalue weighted by Gasteiger charge is 2.03. The predicted molar refractivity (Wildman–Crippen MR) is 60.7 cm³/mol. The van der Waals surface area contributed by atoms with Crippen LogP contribution in [0.15, 0.2) is 16.5 Å². The van der Waals surface area contributed by atoms with Crippen molar-refractivity contribution >= 4 is 0 Å². The van der Waals surface area contributed by atoms with Gasteiger partial charge in [-0.1, -0.05) is 20.3 Å². The molecule has 2 N–H and O–H groups in total. The van der Waals surface area contributed by atoms with Crippen LogP contribution >= 0.6 is 0 Å². The van der Waals surface area contributed by atoms with Gasteiger partial charge in [0.25, 0.3) is 0 Å². The molecular formula is C12H21NO2. The first-order valence-electron chi connectivity index (χ1n) is 5.72. The topological polar surface area (TPSA) is 45.4 Å². The Bertz CT molecular complexity index is 270. The lowest BCUT2D eigenvalue weighted by Crippen LogP contribution is -2.25. The first kappa shape index (κ1) is 12.3. The first-order valence-corrected chi connectivity index (χ1v) is 5.72. The quantitative estimate of drug-likeness (QED) is 0.726. The molecule has 1 aromatic heterocycles. The number of rotatable bonds is 7. The van der Waals surface area contributed by atoms with Crippen molar-refractivity contribution in [3.05, 3.63) is 23.7 Å². The molecule has 0 saturated heterocycles.